The van der Waals surface area contributed by atoms with Crippen molar-refractivity contribution in [1.29, 1.82) is 0 Å². The van der Waals surface area contributed by atoms with E-state index in [1.165, 1.54) is 25.7 Å². The number of hydrogen-bond acceptors (Lipinski definition) is 4. The fraction of sp³-hybridized carbons (Fsp3) is 0.579. The Labute approximate surface area is 165 Å². The molecule has 0 spiro atoms. The first kappa shape index (κ1) is 18.5. The Hall–Kier alpha value is -2.84. The van der Waals surface area contributed by atoms with Gasteiger partial charge >= 0.3 is 0 Å². The number of carbonyl (C=O) groups excluding carboxylic acids is 1. The molecule has 3 heterocycles. The summed E-state index contributed by atoms with van der Waals surface area (Å²) >= 11 is 0. The minimum atomic E-state index is 0.0488. The summed E-state index contributed by atoms with van der Waals surface area (Å²) in [6, 6.07) is 2.61. The van der Waals surface area contributed by atoms with Crippen LogP contribution in [0.2, 0.25) is 0 Å². The van der Waals surface area contributed by atoms with E-state index in [0.29, 0.717) is 25.7 Å². The molecule has 0 radical (unpaired) electrons. The molecule has 28 heavy (non-hydrogen) atoms. The zero-order valence-electron chi connectivity index (χ0n) is 16.6. The maximum atomic E-state index is 12.6. The molecule has 1 saturated heterocycles. The summed E-state index contributed by atoms with van der Waals surface area (Å²) < 4.78 is 3.81. The molecule has 2 fully saturated rings. The standard InChI is InChI=1S/C19H28N8O/c1-20-19(21-11-15-7-8-27(23-15)16-5-3-4-6-16)25-9-10-26(18(28)14-25)17-12-22-24(2)13-17/h7-8,12-13,16H,3-6,9-11,14H2,1-2H3,(H,20,21). The number of aromatic nitrogens is 4. The van der Waals surface area contributed by atoms with Crippen LogP contribution in [0.4, 0.5) is 5.69 Å². The first-order valence-corrected chi connectivity index (χ1v) is 9.92. The van der Waals surface area contributed by atoms with Gasteiger partial charge in [0.1, 0.15) is 6.54 Å². The summed E-state index contributed by atoms with van der Waals surface area (Å²) in [6.07, 6.45) is 10.7. The van der Waals surface area contributed by atoms with Crippen LogP contribution >= 0.6 is 0 Å². The lowest BCUT2D eigenvalue weighted by Crippen LogP contribution is -2.55. The van der Waals surface area contributed by atoms with E-state index in [2.05, 4.69) is 32.4 Å². The molecular weight excluding hydrogens is 356 g/mol. The Morgan fingerprint density at radius 3 is 2.82 bits per heavy atom. The van der Waals surface area contributed by atoms with Gasteiger partial charge in [0.2, 0.25) is 5.91 Å². The number of hydrogen-bond donors (Lipinski definition) is 1. The molecular formula is C19H28N8O. The van der Waals surface area contributed by atoms with Crippen LogP contribution in [0.1, 0.15) is 37.4 Å². The van der Waals surface area contributed by atoms with Gasteiger partial charge < -0.3 is 15.1 Å². The molecule has 0 atom stereocenters. The van der Waals surface area contributed by atoms with E-state index in [9.17, 15) is 4.79 Å². The van der Waals surface area contributed by atoms with E-state index in [0.717, 1.165) is 23.9 Å². The fourth-order valence-electron chi connectivity index (χ4n) is 4.02. The summed E-state index contributed by atoms with van der Waals surface area (Å²) in [6.45, 7) is 2.23. The predicted molar refractivity (Wildman–Crippen MR) is 107 cm³/mol. The van der Waals surface area contributed by atoms with Crippen LogP contribution in [-0.4, -0.2) is 63.0 Å². The molecule has 9 heteroatoms. The van der Waals surface area contributed by atoms with Gasteiger partial charge in [-0.05, 0) is 18.9 Å². The molecule has 2 aliphatic rings. The molecule has 0 unspecified atom stereocenters. The van der Waals surface area contributed by atoms with Crippen LogP contribution in [0.15, 0.2) is 29.6 Å². The SMILES string of the molecule is CN=C(NCc1ccn(C2CCCC2)n1)N1CCN(c2cnn(C)c2)C(=O)C1. The number of guanidine groups is 1. The van der Waals surface area contributed by atoms with Crippen molar-refractivity contribution in [2.75, 3.05) is 31.6 Å². The first-order valence-electron chi connectivity index (χ1n) is 9.92. The number of rotatable bonds is 4. The number of piperazine rings is 1. The lowest BCUT2D eigenvalue weighted by atomic mass is 10.3. The van der Waals surface area contributed by atoms with Crippen LogP contribution in [-0.2, 0) is 18.4 Å². The number of amides is 1. The minimum absolute atomic E-state index is 0.0488. The number of aliphatic imine (C=N–C) groups is 1. The Morgan fingerprint density at radius 1 is 1.32 bits per heavy atom. The highest BCUT2D eigenvalue weighted by molar-refractivity contribution is 5.98. The van der Waals surface area contributed by atoms with Gasteiger partial charge in [-0.25, -0.2) is 0 Å². The molecule has 1 amide bonds. The third-order valence-electron chi connectivity index (χ3n) is 5.52. The number of aryl methyl sites for hydroxylation is 1. The van der Waals surface area contributed by atoms with Crippen LogP contribution < -0.4 is 10.2 Å². The van der Waals surface area contributed by atoms with Gasteiger partial charge in [0, 0.05) is 39.6 Å². The number of nitrogens with zero attached hydrogens (tertiary/aromatic N) is 7. The maximum absolute atomic E-state index is 12.6. The van der Waals surface area contributed by atoms with E-state index in [1.807, 2.05) is 18.1 Å². The average molecular weight is 384 g/mol. The minimum Gasteiger partial charge on any atom is -0.351 e. The summed E-state index contributed by atoms with van der Waals surface area (Å²) in [4.78, 5) is 20.7. The molecule has 9 nitrogen and oxygen atoms in total. The van der Waals surface area contributed by atoms with Crippen LogP contribution in [0.25, 0.3) is 0 Å². The lowest BCUT2D eigenvalue weighted by molar-refractivity contribution is -0.120. The summed E-state index contributed by atoms with van der Waals surface area (Å²) in [5.74, 6) is 0.780. The van der Waals surface area contributed by atoms with Crippen LogP contribution in [0.3, 0.4) is 0 Å². The maximum Gasteiger partial charge on any atom is 0.246 e. The van der Waals surface area contributed by atoms with E-state index < -0.39 is 0 Å². The summed E-state index contributed by atoms with van der Waals surface area (Å²) in [5.41, 5.74) is 1.83. The Balaban J connectivity index is 1.33. The number of nitrogens with one attached hydrogen (secondary N) is 1. The molecule has 0 bridgehead atoms. The zero-order chi connectivity index (χ0) is 19.5. The van der Waals surface area contributed by atoms with Crippen molar-refractivity contribution in [3.05, 3.63) is 30.4 Å². The third kappa shape index (κ3) is 3.88. The molecule has 1 aliphatic heterocycles. The van der Waals surface area contributed by atoms with Crippen molar-refractivity contribution < 1.29 is 4.79 Å². The normalized spacial score (nSPS) is 18.9. The van der Waals surface area contributed by atoms with Gasteiger partial charge in [-0.2, -0.15) is 10.2 Å². The van der Waals surface area contributed by atoms with Crippen molar-refractivity contribution in [2.45, 2.75) is 38.3 Å². The average Bonchev–Trinajstić information content (AvgIpc) is 3.44. The van der Waals surface area contributed by atoms with Gasteiger partial charge in [-0.3, -0.25) is 19.2 Å². The van der Waals surface area contributed by atoms with Gasteiger partial charge in [0.05, 0.1) is 30.2 Å². The van der Waals surface area contributed by atoms with Gasteiger partial charge in [0.25, 0.3) is 0 Å². The largest absolute Gasteiger partial charge is 0.351 e. The van der Waals surface area contributed by atoms with Crippen molar-refractivity contribution in [3.8, 4) is 0 Å². The van der Waals surface area contributed by atoms with E-state index in [1.54, 1.807) is 22.8 Å². The van der Waals surface area contributed by atoms with Gasteiger partial charge in [0.15, 0.2) is 5.96 Å². The van der Waals surface area contributed by atoms with Crippen LogP contribution in [0.5, 0.6) is 0 Å². The van der Waals surface area contributed by atoms with E-state index in [4.69, 9.17) is 5.10 Å². The van der Waals surface area contributed by atoms with Gasteiger partial charge in [-0.15, -0.1) is 0 Å². The van der Waals surface area contributed by atoms with Gasteiger partial charge in [-0.1, -0.05) is 12.8 Å². The molecule has 0 aromatic carbocycles. The number of carbonyl (C=O) groups is 1. The molecule has 1 aliphatic carbocycles. The van der Waals surface area contributed by atoms with Crippen molar-refractivity contribution in [2.24, 2.45) is 12.0 Å². The smallest absolute Gasteiger partial charge is 0.246 e. The zero-order valence-corrected chi connectivity index (χ0v) is 16.6. The Bertz CT molecular complexity index is 848. The molecule has 2 aromatic heterocycles. The van der Waals surface area contributed by atoms with E-state index >= 15 is 0 Å². The Kier molecular flexibility index (Phi) is 5.31. The Morgan fingerprint density at radius 2 is 2.14 bits per heavy atom. The monoisotopic (exact) mass is 384 g/mol. The summed E-state index contributed by atoms with van der Waals surface area (Å²) in [5, 5.41) is 12.2. The van der Waals surface area contributed by atoms with Crippen molar-refractivity contribution >= 4 is 17.6 Å². The third-order valence-corrected chi connectivity index (χ3v) is 5.52. The molecule has 1 saturated carbocycles. The fourth-order valence-corrected chi connectivity index (χ4v) is 4.02. The second kappa shape index (κ2) is 8.04. The molecule has 4 rings (SSSR count). The van der Waals surface area contributed by atoms with Crippen molar-refractivity contribution in [3.63, 3.8) is 0 Å². The second-order valence-electron chi connectivity index (χ2n) is 7.47. The highest BCUT2D eigenvalue weighted by Gasteiger charge is 2.27. The highest BCUT2D eigenvalue weighted by Crippen LogP contribution is 2.28. The van der Waals surface area contributed by atoms with Crippen LogP contribution in [0, 0.1) is 0 Å². The topological polar surface area (TPSA) is 83.6 Å². The molecule has 150 valence electrons. The predicted octanol–water partition coefficient (Wildman–Crippen LogP) is 1.16. The number of anilines is 1. The highest BCUT2D eigenvalue weighted by atomic mass is 16.2. The lowest BCUT2D eigenvalue weighted by Gasteiger charge is -2.35. The molecule has 2 aromatic rings. The molecule has 1 N–H and O–H groups in total. The quantitative estimate of drug-likeness (QED) is 0.632. The van der Waals surface area contributed by atoms with Crippen molar-refractivity contribution in [1.82, 2.24) is 29.8 Å². The van der Waals surface area contributed by atoms with E-state index in [-0.39, 0.29) is 5.91 Å². The first-order chi connectivity index (χ1) is 13.6. The second-order valence-corrected chi connectivity index (χ2v) is 7.47. The summed E-state index contributed by atoms with van der Waals surface area (Å²) in [7, 11) is 3.60.